The number of halogens is 3. The van der Waals surface area contributed by atoms with Gasteiger partial charge in [0.25, 0.3) is 11.6 Å². The lowest BCUT2D eigenvalue weighted by Gasteiger charge is -2.36. The molecule has 0 N–H and O–H groups in total. The second-order valence-electron chi connectivity index (χ2n) is 7.65. The Kier molecular flexibility index (Phi) is 5.71. The van der Waals surface area contributed by atoms with Crippen LogP contribution in [-0.4, -0.2) is 55.0 Å². The molecule has 0 spiro atoms. The summed E-state index contributed by atoms with van der Waals surface area (Å²) < 4.78 is 41.6. The van der Waals surface area contributed by atoms with Gasteiger partial charge < -0.3 is 14.7 Å². The van der Waals surface area contributed by atoms with Crippen molar-refractivity contribution in [2.45, 2.75) is 12.8 Å². The average molecular weight is 434 g/mol. The van der Waals surface area contributed by atoms with Crippen molar-refractivity contribution in [3.05, 3.63) is 63.5 Å². The van der Waals surface area contributed by atoms with Crippen LogP contribution in [0.1, 0.15) is 23.2 Å². The molecule has 31 heavy (non-hydrogen) atoms. The molecule has 2 aromatic rings. The van der Waals surface area contributed by atoms with Gasteiger partial charge in [0.15, 0.2) is 5.82 Å². The highest BCUT2D eigenvalue weighted by Crippen LogP contribution is 2.36. The minimum atomic E-state index is -0.933. The Morgan fingerprint density at radius 2 is 1.48 bits per heavy atom. The molecule has 0 unspecified atom stereocenters. The lowest BCUT2D eigenvalue weighted by atomic mass is 10.1. The van der Waals surface area contributed by atoms with E-state index in [1.807, 2.05) is 4.90 Å². The van der Waals surface area contributed by atoms with Gasteiger partial charge in [-0.05, 0) is 31.0 Å². The van der Waals surface area contributed by atoms with Gasteiger partial charge in [0.1, 0.15) is 17.3 Å². The standard InChI is InChI=1S/C21H21F3N4O3/c22-14-3-4-15(16(23)11-14)21(29)27-9-7-26(8-10-27)19-13-18(25-5-1-2-6-25)17(24)12-20(19)28(30)31/h3-4,11-13H,1-2,5-10H2. The number of rotatable bonds is 4. The van der Waals surface area contributed by atoms with E-state index in [4.69, 9.17) is 0 Å². The molecule has 0 saturated carbocycles. The van der Waals surface area contributed by atoms with Crippen LogP contribution in [0.25, 0.3) is 0 Å². The minimum absolute atomic E-state index is 0.198. The monoisotopic (exact) mass is 434 g/mol. The summed E-state index contributed by atoms with van der Waals surface area (Å²) in [5, 5.41) is 11.5. The summed E-state index contributed by atoms with van der Waals surface area (Å²) in [4.78, 5) is 28.6. The average Bonchev–Trinajstić information content (AvgIpc) is 3.28. The van der Waals surface area contributed by atoms with E-state index in [2.05, 4.69) is 0 Å². The Morgan fingerprint density at radius 1 is 0.839 bits per heavy atom. The zero-order chi connectivity index (χ0) is 22.1. The summed E-state index contributed by atoms with van der Waals surface area (Å²) in [5.74, 6) is -2.89. The number of hydrogen-bond acceptors (Lipinski definition) is 5. The fourth-order valence-electron chi connectivity index (χ4n) is 4.12. The summed E-state index contributed by atoms with van der Waals surface area (Å²) in [6, 6.07) is 5.25. The Balaban J connectivity index is 1.54. The fraction of sp³-hybridized carbons (Fsp3) is 0.381. The lowest BCUT2D eigenvalue weighted by Crippen LogP contribution is -2.49. The molecule has 0 bridgehead atoms. The van der Waals surface area contributed by atoms with E-state index in [1.54, 1.807) is 4.90 Å². The van der Waals surface area contributed by atoms with Crippen LogP contribution in [0.4, 0.5) is 30.2 Å². The topological polar surface area (TPSA) is 69.9 Å². The Morgan fingerprint density at radius 3 is 2.10 bits per heavy atom. The van der Waals surface area contributed by atoms with Crippen molar-refractivity contribution in [2.24, 2.45) is 0 Å². The molecule has 2 aliphatic heterocycles. The van der Waals surface area contributed by atoms with Crippen molar-refractivity contribution in [3.8, 4) is 0 Å². The molecular formula is C21H21F3N4O3. The molecule has 0 radical (unpaired) electrons. The molecule has 10 heteroatoms. The highest BCUT2D eigenvalue weighted by molar-refractivity contribution is 5.94. The molecule has 2 fully saturated rings. The first kappa shape index (κ1) is 21.0. The van der Waals surface area contributed by atoms with Crippen LogP contribution in [-0.2, 0) is 0 Å². The molecule has 2 aliphatic rings. The van der Waals surface area contributed by atoms with Gasteiger partial charge >= 0.3 is 0 Å². The normalized spacial score (nSPS) is 16.7. The Bertz CT molecular complexity index is 1020. The smallest absolute Gasteiger partial charge is 0.295 e. The highest BCUT2D eigenvalue weighted by atomic mass is 19.1. The number of amides is 1. The van der Waals surface area contributed by atoms with Gasteiger partial charge in [0, 0.05) is 45.3 Å². The molecule has 164 valence electrons. The molecule has 2 heterocycles. The molecule has 7 nitrogen and oxygen atoms in total. The van der Waals surface area contributed by atoms with E-state index in [-0.39, 0.29) is 37.4 Å². The molecule has 4 rings (SSSR count). The van der Waals surface area contributed by atoms with Crippen molar-refractivity contribution in [3.63, 3.8) is 0 Å². The molecule has 1 amide bonds. The van der Waals surface area contributed by atoms with E-state index >= 15 is 0 Å². The SMILES string of the molecule is O=C(c1ccc(F)cc1F)N1CCN(c2cc(N3CCCC3)c(F)cc2[N+](=O)[O-])CC1. The number of carbonyl (C=O) groups is 1. The van der Waals surface area contributed by atoms with E-state index in [9.17, 15) is 28.1 Å². The predicted molar refractivity (Wildman–Crippen MR) is 109 cm³/mol. The van der Waals surface area contributed by atoms with Crippen LogP contribution < -0.4 is 9.80 Å². The van der Waals surface area contributed by atoms with Crippen LogP contribution in [0.15, 0.2) is 30.3 Å². The van der Waals surface area contributed by atoms with Crippen LogP contribution in [0.2, 0.25) is 0 Å². The second kappa shape index (κ2) is 8.44. The molecular weight excluding hydrogens is 413 g/mol. The molecule has 0 atom stereocenters. The first-order chi connectivity index (χ1) is 14.8. The van der Waals surface area contributed by atoms with Gasteiger partial charge in [-0.2, -0.15) is 0 Å². The second-order valence-corrected chi connectivity index (χ2v) is 7.65. The minimum Gasteiger partial charge on any atom is -0.369 e. The fourth-order valence-corrected chi connectivity index (χ4v) is 4.12. The number of benzene rings is 2. The third-order valence-electron chi connectivity index (χ3n) is 5.76. The van der Waals surface area contributed by atoms with Crippen LogP contribution in [0.3, 0.4) is 0 Å². The van der Waals surface area contributed by atoms with Gasteiger partial charge in [0.05, 0.1) is 22.2 Å². The van der Waals surface area contributed by atoms with E-state index in [1.165, 1.54) is 11.0 Å². The van der Waals surface area contributed by atoms with Crippen molar-refractivity contribution in [1.29, 1.82) is 0 Å². The van der Waals surface area contributed by atoms with Gasteiger partial charge in [-0.25, -0.2) is 13.2 Å². The Hall–Kier alpha value is -3.30. The summed E-state index contributed by atoms with van der Waals surface area (Å²) in [5.41, 5.74) is 0.0853. The van der Waals surface area contributed by atoms with E-state index in [0.29, 0.717) is 30.5 Å². The van der Waals surface area contributed by atoms with E-state index in [0.717, 1.165) is 31.0 Å². The van der Waals surface area contributed by atoms with Gasteiger partial charge in [-0.1, -0.05) is 0 Å². The molecule has 2 aromatic carbocycles. The largest absolute Gasteiger partial charge is 0.369 e. The van der Waals surface area contributed by atoms with Gasteiger partial charge in [0.2, 0.25) is 0 Å². The summed E-state index contributed by atoms with van der Waals surface area (Å²) >= 11 is 0. The van der Waals surface area contributed by atoms with Crippen LogP contribution in [0.5, 0.6) is 0 Å². The maximum atomic E-state index is 14.6. The van der Waals surface area contributed by atoms with Crippen molar-refractivity contribution in [2.75, 3.05) is 49.1 Å². The quantitative estimate of drug-likeness (QED) is 0.544. The Labute approximate surface area is 176 Å². The summed E-state index contributed by atoms with van der Waals surface area (Å²) in [6.07, 6.45) is 1.87. The third kappa shape index (κ3) is 4.14. The summed E-state index contributed by atoms with van der Waals surface area (Å²) in [7, 11) is 0. The predicted octanol–water partition coefficient (Wildman–Crippen LogP) is 3.57. The highest BCUT2D eigenvalue weighted by Gasteiger charge is 2.30. The maximum Gasteiger partial charge on any atom is 0.295 e. The van der Waals surface area contributed by atoms with E-state index < -0.39 is 28.3 Å². The molecule has 0 aliphatic carbocycles. The zero-order valence-corrected chi connectivity index (χ0v) is 16.7. The number of nitro benzene ring substituents is 1. The first-order valence-electron chi connectivity index (χ1n) is 10.1. The first-order valence-corrected chi connectivity index (χ1v) is 10.1. The maximum absolute atomic E-state index is 14.6. The summed E-state index contributed by atoms with van der Waals surface area (Å²) in [6.45, 7) is 2.31. The van der Waals surface area contributed by atoms with Gasteiger partial charge in [-0.15, -0.1) is 0 Å². The van der Waals surface area contributed by atoms with Gasteiger partial charge in [-0.3, -0.25) is 14.9 Å². The van der Waals surface area contributed by atoms with Crippen molar-refractivity contribution >= 4 is 23.0 Å². The number of hydrogen-bond donors (Lipinski definition) is 0. The third-order valence-corrected chi connectivity index (χ3v) is 5.76. The number of anilines is 2. The number of piperazine rings is 1. The molecule has 0 aromatic heterocycles. The van der Waals surface area contributed by atoms with Crippen LogP contribution >= 0.6 is 0 Å². The van der Waals surface area contributed by atoms with Crippen molar-refractivity contribution < 1.29 is 22.9 Å². The van der Waals surface area contributed by atoms with Crippen LogP contribution in [0, 0.1) is 27.6 Å². The zero-order valence-electron chi connectivity index (χ0n) is 16.7. The molecule has 2 saturated heterocycles. The number of nitrogens with zero attached hydrogens (tertiary/aromatic N) is 4. The number of carbonyl (C=O) groups excluding carboxylic acids is 1. The van der Waals surface area contributed by atoms with Crippen molar-refractivity contribution in [1.82, 2.24) is 4.90 Å². The lowest BCUT2D eigenvalue weighted by molar-refractivity contribution is -0.384. The number of nitro groups is 1.